The lowest BCUT2D eigenvalue weighted by Gasteiger charge is -2.26. The summed E-state index contributed by atoms with van der Waals surface area (Å²) in [5.74, 6) is -1.10. The van der Waals surface area contributed by atoms with Crippen LogP contribution in [0.3, 0.4) is 0 Å². The summed E-state index contributed by atoms with van der Waals surface area (Å²) in [6, 6.07) is 3.87. The number of hydrogen-bond acceptors (Lipinski definition) is 6. The van der Waals surface area contributed by atoms with Gasteiger partial charge in [-0.25, -0.2) is 13.2 Å². The summed E-state index contributed by atoms with van der Waals surface area (Å²) >= 11 is 6.06. The molecule has 1 aromatic rings. The summed E-state index contributed by atoms with van der Waals surface area (Å²) in [6.45, 7) is 5.28. The molecule has 0 unspecified atom stereocenters. The van der Waals surface area contributed by atoms with Gasteiger partial charge in [0.1, 0.15) is 4.90 Å². The van der Waals surface area contributed by atoms with Crippen molar-refractivity contribution in [1.82, 2.24) is 9.21 Å². The molecule has 8 nitrogen and oxygen atoms in total. The number of sulfonamides is 1. The van der Waals surface area contributed by atoms with Gasteiger partial charge in [0.2, 0.25) is 10.0 Å². The van der Waals surface area contributed by atoms with E-state index in [9.17, 15) is 18.0 Å². The number of hydrogen-bond donors (Lipinski definition) is 0. The van der Waals surface area contributed by atoms with Crippen molar-refractivity contribution >= 4 is 33.5 Å². The second-order valence-corrected chi connectivity index (χ2v) is 8.12. The van der Waals surface area contributed by atoms with Crippen LogP contribution in [0.2, 0.25) is 5.02 Å². The number of halogens is 1. The normalized spacial score (nSPS) is 15.4. The van der Waals surface area contributed by atoms with Gasteiger partial charge < -0.3 is 14.4 Å². The van der Waals surface area contributed by atoms with Gasteiger partial charge in [0.05, 0.1) is 23.8 Å². The first-order valence-electron chi connectivity index (χ1n) is 8.63. The lowest BCUT2D eigenvalue weighted by molar-refractivity contribution is -0.134. The highest BCUT2D eigenvalue weighted by molar-refractivity contribution is 7.89. The van der Waals surface area contributed by atoms with Crippen molar-refractivity contribution in [1.29, 1.82) is 0 Å². The van der Waals surface area contributed by atoms with Gasteiger partial charge in [0.15, 0.2) is 6.61 Å². The predicted molar refractivity (Wildman–Crippen MR) is 99.2 cm³/mol. The van der Waals surface area contributed by atoms with E-state index in [1.807, 2.05) is 13.8 Å². The smallest absolute Gasteiger partial charge is 0.338 e. The minimum Gasteiger partial charge on any atom is -0.452 e. The van der Waals surface area contributed by atoms with Gasteiger partial charge in [-0.15, -0.1) is 0 Å². The zero-order valence-electron chi connectivity index (χ0n) is 15.3. The van der Waals surface area contributed by atoms with E-state index in [1.165, 1.54) is 27.4 Å². The van der Waals surface area contributed by atoms with Crippen molar-refractivity contribution in [2.45, 2.75) is 18.7 Å². The molecule has 1 aliphatic heterocycles. The minimum atomic E-state index is -3.86. The molecular weight excluding hydrogens is 396 g/mol. The van der Waals surface area contributed by atoms with Crippen molar-refractivity contribution in [3.8, 4) is 0 Å². The molecule has 0 aliphatic carbocycles. The second-order valence-electron chi connectivity index (χ2n) is 5.80. The predicted octanol–water partition coefficient (Wildman–Crippen LogP) is 1.39. The number of esters is 1. The third-order valence-electron chi connectivity index (χ3n) is 4.20. The Morgan fingerprint density at radius 2 is 1.85 bits per heavy atom. The van der Waals surface area contributed by atoms with Crippen LogP contribution >= 0.6 is 11.6 Å². The molecule has 1 saturated heterocycles. The highest BCUT2D eigenvalue weighted by Gasteiger charge is 2.29. The molecule has 2 rings (SSSR count). The first-order valence-corrected chi connectivity index (χ1v) is 10.4. The van der Waals surface area contributed by atoms with Crippen LogP contribution in [-0.2, 0) is 24.3 Å². The van der Waals surface area contributed by atoms with E-state index in [2.05, 4.69) is 0 Å². The molecule has 150 valence electrons. The van der Waals surface area contributed by atoms with Gasteiger partial charge >= 0.3 is 5.97 Å². The zero-order chi connectivity index (χ0) is 20.0. The van der Waals surface area contributed by atoms with E-state index in [4.69, 9.17) is 21.1 Å². The number of amides is 1. The third kappa shape index (κ3) is 5.19. The Hall–Kier alpha value is -1.68. The van der Waals surface area contributed by atoms with Gasteiger partial charge in [-0.1, -0.05) is 11.6 Å². The van der Waals surface area contributed by atoms with Crippen LogP contribution in [0.15, 0.2) is 23.1 Å². The number of benzene rings is 1. The SMILES string of the molecule is CCN(CC)C(=O)COC(=O)c1ccc(Cl)c(S(=O)(=O)N2CCOCC2)c1. The average molecular weight is 419 g/mol. The van der Waals surface area contributed by atoms with Gasteiger partial charge in [-0.2, -0.15) is 4.31 Å². The Labute approximate surface area is 164 Å². The van der Waals surface area contributed by atoms with Crippen LogP contribution in [0.25, 0.3) is 0 Å². The molecule has 1 fully saturated rings. The minimum absolute atomic E-state index is 0.0114. The van der Waals surface area contributed by atoms with Crippen molar-refractivity contribution in [2.75, 3.05) is 46.0 Å². The van der Waals surface area contributed by atoms with Crippen LogP contribution in [0.5, 0.6) is 0 Å². The Balaban J connectivity index is 2.16. The largest absolute Gasteiger partial charge is 0.452 e. The number of carbonyl (C=O) groups is 2. The summed E-state index contributed by atoms with van der Waals surface area (Å²) in [7, 11) is -3.86. The molecule has 0 spiro atoms. The van der Waals surface area contributed by atoms with Crippen LogP contribution in [0, 0.1) is 0 Å². The highest BCUT2D eigenvalue weighted by atomic mass is 35.5. The average Bonchev–Trinajstić information content (AvgIpc) is 2.68. The molecule has 0 saturated carbocycles. The molecule has 0 N–H and O–H groups in total. The number of likely N-dealkylation sites (N-methyl/N-ethyl adjacent to an activating group) is 1. The Kier molecular flexibility index (Phi) is 7.60. The van der Waals surface area contributed by atoms with Gasteiger partial charge in [0, 0.05) is 26.2 Å². The molecule has 1 amide bonds. The topological polar surface area (TPSA) is 93.2 Å². The summed E-state index contributed by atoms with van der Waals surface area (Å²) in [5, 5.41) is 0.0114. The lowest BCUT2D eigenvalue weighted by Crippen LogP contribution is -2.40. The molecule has 0 radical (unpaired) electrons. The van der Waals surface area contributed by atoms with Crippen molar-refractivity contribution in [3.05, 3.63) is 28.8 Å². The molecule has 27 heavy (non-hydrogen) atoms. The number of ether oxygens (including phenoxy) is 2. The van der Waals surface area contributed by atoms with Crippen molar-refractivity contribution in [3.63, 3.8) is 0 Å². The number of rotatable bonds is 7. The fourth-order valence-corrected chi connectivity index (χ4v) is 4.54. The molecule has 1 heterocycles. The summed E-state index contributed by atoms with van der Waals surface area (Å²) < 4.78 is 37.0. The number of carbonyl (C=O) groups excluding carboxylic acids is 2. The first kappa shape index (κ1) is 21.6. The molecular formula is C17H23ClN2O6S. The van der Waals surface area contributed by atoms with Crippen LogP contribution < -0.4 is 0 Å². The summed E-state index contributed by atoms with van der Waals surface area (Å²) in [5.41, 5.74) is 0.0126. The summed E-state index contributed by atoms with van der Waals surface area (Å²) in [6.07, 6.45) is 0. The van der Waals surface area contributed by atoms with Crippen molar-refractivity contribution < 1.29 is 27.5 Å². The quantitative estimate of drug-likeness (QED) is 0.621. The first-order chi connectivity index (χ1) is 12.8. The second kappa shape index (κ2) is 9.50. The van der Waals surface area contributed by atoms with Crippen molar-refractivity contribution in [2.24, 2.45) is 0 Å². The third-order valence-corrected chi connectivity index (χ3v) is 6.58. The maximum atomic E-state index is 12.8. The van der Waals surface area contributed by atoms with E-state index in [-0.39, 0.29) is 34.5 Å². The molecule has 0 atom stereocenters. The standard InChI is InChI=1S/C17H23ClN2O6S/c1-3-19(4-2)16(21)12-26-17(22)13-5-6-14(18)15(11-13)27(23,24)20-7-9-25-10-8-20/h5-6,11H,3-4,7-10,12H2,1-2H3. The molecule has 0 aromatic heterocycles. The van der Waals surface area contributed by atoms with Gasteiger partial charge in [-0.3, -0.25) is 4.79 Å². The maximum Gasteiger partial charge on any atom is 0.338 e. The van der Waals surface area contributed by atoms with Crippen LogP contribution in [-0.4, -0.2) is 75.5 Å². The lowest BCUT2D eigenvalue weighted by atomic mass is 10.2. The van der Waals surface area contributed by atoms with Crippen LogP contribution in [0.1, 0.15) is 24.2 Å². The molecule has 1 aromatic carbocycles. The monoisotopic (exact) mass is 418 g/mol. The molecule has 1 aliphatic rings. The zero-order valence-corrected chi connectivity index (χ0v) is 16.9. The van der Waals surface area contributed by atoms with E-state index in [0.717, 1.165) is 0 Å². The molecule has 10 heteroatoms. The van der Waals surface area contributed by atoms with E-state index < -0.39 is 22.6 Å². The maximum absolute atomic E-state index is 12.8. The fraction of sp³-hybridized carbons (Fsp3) is 0.529. The van der Waals surface area contributed by atoms with Gasteiger partial charge in [0.25, 0.3) is 5.91 Å². The molecule has 0 bridgehead atoms. The number of morpholine rings is 1. The Morgan fingerprint density at radius 1 is 1.22 bits per heavy atom. The van der Waals surface area contributed by atoms with E-state index >= 15 is 0 Å². The van der Waals surface area contributed by atoms with E-state index in [1.54, 1.807) is 0 Å². The Bertz CT molecular complexity index is 789. The number of nitrogens with zero attached hydrogens (tertiary/aromatic N) is 2. The van der Waals surface area contributed by atoms with Crippen LogP contribution in [0.4, 0.5) is 0 Å². The highest BCUT2D eigenvalue weighted by Crippen LogP contribution is 2.26. The Morgan fingerprint density at radius 3 is 2.44 bits per heavy atom. The van der Waals surface area contributed by atoms with Gasteiger partial charge in [-0.05, 0) is 32.0 Å². The summed E-state index contributed by atoms with van der Waals surface area (Å²) in [4.78, 5) is 25.6. The van der Waals surface area contributed by atoms with E-state index in [0.29, 0.717) is 26.3 Å². The fourth-order valence-electron chi connectivity index (χ4n) is 2.63.